The summed E-state index contributed by atoms with van der Waals surface area (Å²) in [7, 11) is 1.79. The molecule has 0 saturated carbocycles. The Hall–Kier alpha value is -2.37. The van der Waals surface area contributed by atoms with Gasteiger partial charge in [-0.25, -0.2) is 14.1 Å². The van der Waals surface area contributed by atoms with E-state index >= 15 is 0 Å². The van der Waals surface area contributed by atoms with E-state index < -0.39 is 0 Å². The SMILES string of the molecule is Cc1cccc(F)c1-n1c(N)nc2c(C)nn(C)c21. The first-order chi connectivity index (χ1) is 9.00. The lowest BCUT2D eigenvalue weighted by atomic mass is 10.2. The van der Waals surface area contributed by atoms with Crippen LogP contribution in [0.3, 0.4) is 0 Å². The van der Waals surface area contributed by atoms with E-state index in [0.29, 0.717) is 16.9 Å². The van der Waals surface area contributed by atoms with Crippen molar-refractivity contribution < 1.29 is 4.39 Å². The van der Waals surface area contributed by atoms with Crippen LogP contribution in [0.2, 0.25) is 0 Å². The van der Waals surface area contributed by atoms with Crippen molar-refractivity contribution in [3.63, 3.8) is 0 Å². The zero-order valence-corrected chi connectivity index (χ0v) is 11.0. The van der Waals surface area contributed by atoms with Gasteiger partial charge in [0.15, 0.2) is 5.65 Å². The van der Waals surface area contributed by atoms with Gasteiger partial charge in [0.05, 0.1) is 11.4 Å². The standard InChI is InChI=1S/C13H14FN5/c1-7-5-4-6-9(14)11(7)19-12-10(16-13(19)15)8(2)17-18(12)3/h4-6H,1-3H3,(H2,15,16). The molecule has 0 aliphatic carbocycles. The van der Waals surface area contributed by atoms with Crippen LogP contribution in [0, 0.1) is 19.7 Å². The van der Waals surface area contributed by atoms with Crippen LogP contribution in [-0.2, 0) is 7.05 Å². The molecule has 2 N–H and O–H groups in total. The lowest BCUT2D eigenvalue weighted by Gasteiger charge is -2.11. The Balaban J connectivity index is 2.46. The maximum Gasteiger partial charge on any atom is 0.207 e. The van der Waals surface area contributed by atoms with Gasteiger partial charge < -0.3 is 5.73 Å². The molecule has 6 heteroatoms. The summed E-state index contributed by atoms with van der Waals surface area (Å²) in [5.41, 5.74) is 9.34. The average molecular weight is 259 g/mol. The van der Waals surface area contributed by atoms with Gasteiger partial charge in [-0.1, -0.05) is 12.1 Å². The molecule has 0 unspecified atom stereocenters. The average Bonchev–Trinajstić information content (AvgIpc) is 2.79. The number of nitrogens with two attached hydrogens (primary N) is 1. The molecule has 19 heavy (non-hydrogen) atoms. The normalized spacial score (nSPS) is 11.4. The van der Waals surface area contributed by atoms with Crippen molar-refractivity contribution in [2.24, 2.45) is 7.05 Å². The largest absolute Gasteiger partial charge is 0.369 e. The van der Waals surface area contributed by atoms with Crippen LogP contribution in [0.5, 0.6) is 0 Å². The summed E-state index contributed by atoms with van der Waals surface area (Å²) >= 11 is 0. The molecule has 0 bridgehead atoms. The van der Waals surface area contributed by atoms with Gasteiger partial charge in [0, 0.05) is 7.05 Å². The van der Waals surface area contributed by atoms with Crippen molar-refractivity contribution >= 4 is 17.1 Å². The number of para-hydroxylation sites is 1. The molecule has 0 atom stereocenters. The second-order valence-electron chi connectivity index (χ2n) is 4.59. The van der Waals surface area contributed by atoms with Crippen LogP contribution >= 0.6 is 0 Å². The molecule has 2 aromatic heterocycles. The van der Waals surface area contributed by atoms with Crippen LogP contribution < -0.4 is 5.73 Å². The number of halogens is 1. The molecule has 0 aliphatic heterocycles. The molecule has 0 fully saturated rings. The summed E-state index contributed by atoms with van der Waals surface area (Å²) in [6, 6.07) is 4.93. The Morgan fingerprint density at radius 2 is 2.00 bits per heavy atom. The smallest absolute Gasteiger partial charge is 0.207 e. The summed E-state index contributed by atoms with van der Waals surface area (Å²) in [5, 5.41) is 4.29. The Morgan fingerprint density at radius 1 is 1.26 bits per heavy atom. The third-order valence-electron chi connectivity index (χ3n) is 3.24. The van der Waals surface area contributed by atoms with Gasteiger partial charge in [-0.05, 0) is 25.5 Å². The van der Waals surface area contributed by atoms with Gasteiger partial charge in [0.25, 0.3) is 0 Å². The maximum atomic E-state index is 14.1. The lowest BCUT2D eigenvalue weighted by Crippen LogP contribution is -2.08. The molecule has 5 nitrogen and oxygen atoms in total. The zero-order chi connectivity index (χ0) is 13.7. The van der Waals surface area contributed by atoms with E-state index in [9.17, 15) is 4.39 Å². The zero-order valence-electron chi connectivity index (χ0n) is 11.0. The molecule has 0 saturated heterocycles. The second-order valence-corrected chi connectivity index (χ2v) is 4.59. The first-order valence-electron chi connectivity index (χ1n) is 5.93. The molecule has 1 aromatic carbocycles. The number of fused-ring (bicyclic) bond motifs is 1. The van der Waals surface area contributed by atoms with Crippen LogP contribution in [-0.4, -0.2) is 19.3 Å². The summed E-state index contributed by atoms with van der Waals surface area (Å²) in [5.74, 6) is -0.0656. The van der Waals surface area contributed by atoms with Crippen LogP contribution in [0.25, 0.3) is 16.9 Å². The number of aryl methyl sites for hydroxylation is 3. The number of benzene rings is 1. The molecule has 0 spiro atoms. The Morgan fingerprint density at radius 3 is 2.68 bits per heavy atom. The van der Waals surface area contributed by atoms with Gasteiger partial charge in [0.1, 0.15) is 11.3 Å². The van der Waals surface area contributed by atoms with Gasteiger partial charge in [0.2, 0.25) is 5.95 Å². The van der Waals surface area contributed by atoms with E-state index in [1.807, 2.05) is 19.9 Å². The number of hydrogen-bond donors (Lipinski definition) is 1. The first-order valence-corrected chi connectivity index (χ1v) is 5.93. The number of aromatic nitrogens is 4. The topological polar surface area (TPSA) is 61.7 Å². The number of nitrogens with zero attached hydrogens (tertiary/aromatic N) is 4. The fourth-order valence-corrected chi connectivity index (χ4v) is 2.42. The lowest BCUT2D eigenvalue weighted by molar-refractivity contribution is 0.616. The molecule has 3 aromatic rings. The van der Waals surface area contributed by atoms with Crippen LogP contribution in [0.4, 0.5) is 10.3 Å². The minimum Gasteiger partial charge on any atom is -0.369 e. The minimum atomic E-state index is -0.329. The fraction of sp³-hybridized carbons (Fsp3) is 0.231. The number of nitrogen functional groups attached to an aromatic ring is 1. The molecule has 0 radical (unpaired) electrons. The highest BCUT2D eigenvalue weighted by Crippen LogP contribution is 2.28. The Bertz CT molecular complexity index is 764. The van der Waals surface area contributed by atoms with Crippen molar-refractivity contribution in [2.45, 2.75) is 13.8 Å². The third kappa shape index (κ3) is 1.53. The molecule has 0 aliphatic rings. The number of imidazole rings is 1. The Labute approximate surface area is 109 Å². The molecule has 98 valence electrons. The highest BCUT2D eigenvalue weighted by molar-refractivity contribution is 5.80. The summed E-state index contributed by atoms with van der Waals surface area (Å²) in [4.78, 5) is 4.28. The van der Waals surface area contributed by atoms with Gasteiger partial charge in [-0.2, -0.15) is 5.10 Å². The van der Waals surface area contributed by atoms with E-state index in [1.54, 1.807) is 22.4 Å². The van der Waals surface area contributed by atoms with Gasteiger partial charge in [-0.15, -0.1) is 0 Å². The van der Waals surface area contributed by atoms with E-state index in [2.05, 4.69) is 10.1 Å². The maximum absolute atomic E-state index is 14.1. The molecule has 3 rings (SSSR count). The quantitative estimate of drug-likeness (QED) is 0.728. The predicted molar refractivity (Wildman–Crippen MR) is 71.7 cm³/mol. The number of hydrogen-bond acceptors (Lipinski definition) is 3. The van der Waals surface area contributed by atoms with Crippen molar-refractivity contribution in [3.8, 4) is 5.69 Å². The summed E-state index contributed by atoms with van der Waals surface area (Å²) in [6.45, 7) is 3.69. The van der Waals surface area contributed by atoms with Crippen molar-refractivity contribution in [1.82, 2.24) is 19.3 Å². The minimum absolute atomic E-state index is 0.263. The second kappa shape index (κ2) is 3.81. The van der Waals surface area contributed by atoms with Crippen LogP contribution in [0.15, 0.2) is 18.2 Å². The predicted octanol–water partition coefficient (Wildman–Crippen LogP) is 2.10. The number of anilines is 1. The number of rotatable bonds is 1. The van der Waals surface area contributed by atoms with E-state index in [4.69, 9.17) is 5.73 Å². The van der Waals surface area contributed by atoms with Crippen molar-refractivity contribution in [2.75, 3.05) is 5.73 Å². The van der Waals surface area contributed by atoms with Gasteiger partial charge in [-0.3, -0.25) is 4.57 Å². The Kier molecular flexibility index (Phi) is 2.35. The third-order valence-corrected chi connectivity index (χ3v) is 3.24. The summed E-state index contributed by atoms with van der Waals surface area (Å²) in [6.07, 6.45) is 0. The first kappa shape index (κ1) is 11.7. The monoisotopic (exact) mass is 259 g/mol. The highest BCUT2D eigenvalue weighted by Gasteiger charge is 2.20. The molecular formula is C13H14FN5. The van der Waals surface area contributed by atoms with E-state index in [0.717, 1.165) is 11.3 Å². The van der Waals surface area contributed by atoms with Crippen molar-refractivity contribution in [1.29, 1.82) is 0 Å². The highest BCUT2D eigenvalue weighted by atomic mass is 19.1. The molecule has 2 heterocycles. The molecule has 0 amide bonds. The van der Waals surface area contributed by atoms with E-state index in [1.165, 1.54) is 6.07 Å². The van der Waals surface area contributed by atoms with E-state index in [-0.39, 0.29) is 11.8 Å². The summed E-state index contributed by atoms with van der Waals surface area (Å²) < 4.78 is 17.4. The van der Waals surface area contributed by atoms with Gasteiger partial charge >= 0.3 is 0 Å². The van der Waals surface area contributed by atoms with Crippen LogP contribution in [0.1, 0.15) is 11.3 Å². The van der Waals surface area contributed by atoms with Crippen molar-refractivity contribution in [3.05, 3.63) is 35.3 Å². The fourth-order valence-electron chi connectivity index (χ4n) is 2.42. The molecular weight excluding hydrogens is 245 g/mol.